The van der Waals surface area contributed by atoms with Gasteiger partial charge in [0, 0.05) is 23.8 Å². The molecule has 0 saturated carbocycles. The molecule has 0 saturated heterocycles. The van der Waals surface area contributed by atoms with Crippen LogP contribution in [0, 0.1) is 5.92 Å². The van der Waals surface area contributed by atoms with Gasteiger partial charge in [-0.25, -0.2) is 4.99 Å². The van der Waals surface area contributed by atoms with E-state index in [2.05, 4.69) is 10.3 Å². The van der Waals surface area contributed by atoms with Gasteiger partial charge in [0.15, 0.2) is 0 Å². The predicted octanol–water partition coefficient (Wildman–Crippen LogP) is 1.53. The lowest BCUT2D eigenvalue weighted by Gasteiger charge is -2.28. The van der Waals surface area contributed by atoms with Gasteiger partial charge in [0.2, 0.25) is 0 Å². The zero-order valence-corrected chi connectivity index (χ0v) is 11.9. The van der Waals surface area contributed by atoms with Gasteiger partial charge in [-0.1, -0.05) is 11.6 Å². The first-order valence-electron chi connectivity index (χ1n) is 6.60. The summed E-state index contributed by atoms with van der Waals surface area (Å²) in [4.78, 5) is 27.3. The Morgan fingerprint density at radius 1 is 1.45 bits per heavy atom. The van der Waals surface area contributed by atoms with Crippen LogP contribution in [0.15, 0.2) is 40.1 Å². The van der Waals surface area contributed by atoms with Crippen molar-refractivity contribution in [2.45, 2.75) is 20.8 Å². The molecule has 1 aliphatic carbocycles. The molecule has 0 bridgehead atoms. The number of amides is 2. The average molecular weight is 274 g/mol. The quantitative estimate of drug-likeness (QED) is 0.848. The number of aliphatic imine (C=N–C) groups is 1. The lowest BCUT2D eigenvalue weighted by atomic mass is 9.85. The second-order valence-corrected chi connectivity index (χ2v) is 4.77. The molecule has 2 rings (SSSR count). The molecule has 1 unspecified atom stereocenters. The number of hydrogen-bond donors (Lipinski definition) is 1. The monoisotopic (exact) mass is 274 g/mol. The van der Waals surface area contributed by atoms with Crippen LogP contribution in [0.2, 0.25) is 0 Å². The number of carbonyl (C=O) groups is 2. The largest absolute Gasteiger partial charge is 0.372 e. The fraction of sp³-hybridized carbons (Fsp3) is 0.400. The first-order chi connectivity index (χ1) is 9.52. The number of hydrogen-bond acceptors (Lipinski definition) is 3. The minimum Gasteiger partial charge on any atom is -0.372 e. The Morgan fingerprint density at radius 2 is 2.20 bits per heavy atom. The van der Waals surface area contributed by atoms with E-state index in [9.17, 15) is 9.59 Å². The van der Waals surface area contributed by atoms with Crippen LogP contribution in [0.25, 0.3) is 0 Å². The van der Waals surface area contributed by atoms with Crippen molar-refractivity contribution in [3.8, 4) is 0 Å². The van der Waals surface area contributed by atoms with Gasteiger partial charge in [0.05, 0.1) is 5.71 Å². The Balaban J connectivity index is 2.19. The van der Waals surface area contributed by atoms with Crippen molar-refractivity contribution in [3.63, 3.8) is 0 Å². The molecule has 1 atom stereocenters. The number of fused-ring (bicyclic) bond motifs is 1. The summed E-state index contributed by atoms with van der Waals surface area (Å²) in [6.07, 6.45) is 5.48. The van der Waals surface area contributed by atoms with Gasteiger partial charge in [-0.15, -0.1) is 0 Å². The van der Waals surface area contributed by atoms with Crippen LogP contribution in [0.4, 0.5) is 0 Å². The minimum absolute atomic E-state index is 0.0230. The second-order valence-electron chi connectivity index (χ2n) is 4.77. The zero-order chi connectivity index (χ0) is 14.7. The van der Waals surface area contributed by atoms with E-state index >= 15 is 0 Å². The second kappa shape index (κ2) is 5.96. The Bertz CT molecular complexity index is 568. The van der Waals surface area contributed by atoms with E-state index in [0.29, 0.717) is 12.3 Å². The highest BCUT2D eigenvalue weighted by molar-refractivity contribution is 6.11. The normalized spacial score (nSPS) is 23.6. The van der Waals surface area contributed by atoms with Crippen molar-refractivity contribution in [2.75, 3.05) is 13.2 Å². The van der Waals surface area contributed by atoms with Gasteiger partial charge in [-0.05, 0) is 32.9 Å². The predicted molar refractivity (Wildman–Crippen MR) is 76.2 cm³/mol. The van der Waals surface area contributed by atoms with Gasteiger partial charge < -0.3 is 10.1 Å². The third-order valence-electron chi connectivity index (χ3n) is 3.44. The third kappa shape index (κ3) is 2.93. The molecular formula is C15H18N2O3. The smallest absolute Gasteiger partial charge is 0.272 e. The molecule has 1 N–H and O–H groups in total. The van der Waals surface area contributed by atoms with Crippen molar-refractivity contribution in [2.24, 2.45) is 10.9 Å². The Morgan fingerprint density at radius 3 is 2.90 bits per heavy atom. The van der Waals surface area contributed by atoms with Crippen LogP contribution >= 0.6 is 0 Å². The van der Waals surface area contributed by atoms with E-state index in [1.165, 1.54) is 0 Å². The lowest BCUT2D eigenvalue weighted by molar-refractivity contribution is -0.122. The molecule has 0 aromatic carbocycles. The number of carbonyl (C=O) groups excluding carboxylic acids is 2. The summed E-state index contributed by atoms with van der Waals surface area (Å²) in [5.41, 5.74) is 3.07. The number of allylic oxidation sites excluding steroid dienone is 3. The number of ether oxygens (including phenoxy) is 1. The van der Waals surface area contributed by atoms with Crippen molar-refractivity contribution in [1.82, 2.24) is 5.32 Å². The summed E-state index contributed by atoms with van der Waals surface area (Å²) in [5, 5.41) is 2.83. The van der Waals surface area contributed by atoms with Crippen LogP contribution in [0.5, 0.6) is 0 Å². The van der Waals surface area contributed by atoms with Crippen molar-refractivity contribution in [1.29, 1.82) is 0 Å². The van der Waals surface area contributed by atoms with Crippen molar-refractivity contribution >= 4 is 17.5 Å². The molecule has 0 fully saturated rings. The Hall–Kier alpha value is -2.01. The minimum atomic E-state index is -0.326. The molecular weight excluding hydrogens is 256 g/mol. The summed E-state index contributed by atoms with van der Waals surface area (Å²) in [6, 6.07) is 0. The fourth-order valence-electron chi connectivity index (χ4n) is 2.16. The molecule has 0 aromatic rings. The standard InChI is InChI=1S/C15H18N2O3/c1-4-20-8-14(18)16-11-5-6-12-9(2)10(3)15(19)17-13(12)7-11/h5-7,12H,4,8H2,1-3H3,(H,17,19). The summed E-state index contributed by atoms with van der Waals surface area (Å²) >= 11 is 0. The topological polar surface area (TPSA) is 67.8 Å². The number of nitrogens with zero attached hydrogens (tertiary/aromatic N) is 1. The molecule has 106 valence electrons. The highest BCUT2D eigenvalue weighted by atomic mass is 16.5. The number of nitrogens with one attached hydrogen (secondary N) is 1. The van der Waals surface area contributed by atoms with Crippen LogP contribution in [0.3, 0.4) is 0 Å². The number of rotatable bonds is 3. The summed E-state index contributed by atoms with van der Waals surface area (Å²) in [6.45, 7) is 6.03. The van der Waals surface area contributed by atoms with E-state index in [1.807, 2.05) is 26.8 Å². The van der Waals surface area contributed by atoms with Crippen LogP contribution in [-0.4, -0.2) is 30.7 Å². The first-order valence-corrected chi connectivity index (χ1v) is 6.60. The highest BCUT2D eigenvalue weighted by Crippen LogP contribution is 2.29. The SMILES string of the molecule is CCOCC(=O)N=C1C=CC2C(=C1)NC(=O)C(C)=C2C. The van der Waals surface area contributed by atoms with Crippen LogP contribution in [0.1, 0.15) is 20.8 Å². The molecule has 5 nitrogen and oxygen atoms in total. The van der Waals surface area contributed by atoms with Crippen molar-refractivity contribution < 1.29 is 14.3 Å². The molecule has 20 heavy (non-hydrogen) atoms. The van der Waals surface area contributed by atoms with E-state index in [-0.39, 0.29) is 24.3 Å². The Kier molecular flexibility index (Phi) is 4.29. The lowest BCUT2D eigenvalue weighted by Crippen LogP contribution is -2.35. The molecule has 2 aliphatic rings. The Labute approximate surface area is 118 Å². The van der Waals surface area contributed by atoms with E-state index in [4.69, 9.17) is 4.74 Å². The molecule has 0 spiro atoms. The highest BCUT2D eigenvalue weighted by Gasteiger charge is 2.27. The maximum absolute atomic E-state index is 11.8. The maximum Gasteiger partial charge on any atom is 0.272 e. The summed E-state index contributed by atoms with van der Waals surface area (Å²) in [5.74, 6) is -0.360. The summed E-state index contributed by atoms with van der Waals surface area (Å²) in [7, 11) is 0. The van der Waals surface area contributed by atoms with Gasteiger partial charge in [0.1, 0.15) is 6.61 Å². The molecule has 1 heterocycles. The van der Waals surface area contributed by atoms with Crippen LogP contribution in [-0.2, 0) is 14.3 Å². The van der Waals surface area contributed by atoms with Gasteiger partial charge >= 0.3 is 0 Å². The van der Waals surface area contributed by atoms with E-state index < -0.39 is 0 Å². The molecule has 5 heteroatoms. The van der Waals surface area contributed by atoms with Crippen molar-refractivity contribution in [3.05, 3.63) is 35.1 Å². The fourth-order valence-corrected chi connectivity index (χ4v) is 2.16. The van der Waals surface area contributed by atoms with Gasteiger partial charge in [-0.3, -0.25) is 9.59 Å². The molecule has 2 amide bonds. The van der Waals surface area contributed by atoms with Gasteiger partial charge in [0.25, 0.3) is 11.8 Å². The van der Waals surface area contributed by atoms with Gasteiger partial charge in [-0.2, -0.15) is 0 Å². The van der Waals surface area contributed by atoms with Crippen LogP contribution < -0.4 is 5.32 Å². The molecule has 1 aliphatic heterocycles. The van der Waals surface area contributed by atoms with E-state index in [0.717, 1.165) is 16.8 Å². The molecule has 0 aromatic heterocycles. The summed E-state index contributed by atoms with van der Waals surface area (Å²) < 4.78 is 5.01. The third-order valence-corrected chi connectivity index (χ3v) is 3.44. The van der Waals surface area contributed by atoms with E-state index in [1.54, 1.807) is 12.2 Å². The maximum atomic E-state index is 11.8. The average Bonchev–Trinajstić information content (AvgIpc) is 2.42. The molecule has 0 radical (unpaired) electrons. The first kappa shape index (κ1) is 14.4. The zero-order valence-electron chi connectivity index (χ0n) is 11.9.